The van der Waals surface area contributed by atoms with Crippen LogP contribution in [0.25, 0.3) is 5.69 Å². The molecule has 0 spiro atoms. The smallest absolute Gasteiger partial charge is 0.263 e. The van der Waals surface area contributed by atoms with Crippen molar-refractivity contribution in [3.63, 3.8) is 0 Å². The van der Waals surface area contributed by atoms with Crippen molar-refractivity contribution in [1.29, 1.82) is 0 Å². The van der Waals surface area contributed by atoms with Crippen molar-refractivity contribution in [2.75, 3.05) is 37.6 Å². The standard InChI is InChI=1S/C23H26F2N8O2/c1-15-19(33(30-27-15)17-5-3-16(4-6-17)22(24)25)14-35-21-8-7-20(28-29-21)32-12-11-31-10-2-9-26-23(34)18(31)13-32/h3-8,18,22H,2,9-14H2,1H3,(H,26,34)/t18-/m0/s1. The molecule has 0 unspecified atom stereocenters. The monoisotopic (exact) mass is 484 g/mol. The van der Waals surface area contributed by atoms with Crippen LogP contribution < -0.4 is 15.0 Å². The highest BCUT2D eigenvalue weighted by Gasteiger charge is 2.34. The third-order valence-corrected chi connectivity index (χ3v) is 6.37. The number of hydrogen-bond donors (Lipinski definition) is 1. The normalized spacial score (nSPS) is 18.8. The van der Waals surface area contributed by atoms with Gasteiger partial charge in [0.25, 0.3) is 6.43 Å². The number of carbonyl (C=O) groups is 1. The van der Waals surface area contributed by atoms with Crippen molar-refractivity contribution in [3.05, 3.63) is 53.3 Å². The van der Waals surface area contributed by atoms with Crippen molar-refractivity contribution >= 4 is 11.7 Å². The first kappa shape index (κ1) is 23.1. The third-order valence-electron chi connectivity index (χ3n) is 6.37. The first-order chi connectivity index (χ1) is 17.0. The average Bonchev–Trinajstić information content (AvgIpc) is 3.14. The molecule has 0 saturated carbocycles. The lowest BCUT2D eigenvalue weighted by atomic mass is 10.1. The molecule has 10 nitrogen and oxygen atoms in total. The van der Waals surface area contributed by atoms with Crippen LogP contribution in [0.15, 0.2) is 36.4 Å². The van der Waals surface area contributed by atoms with Crippen molar-refractivity contribution in [2.45, 2.75) is 32.4 Å². The van der Waals surface area contributed by atoms with E-state index in [1.165, 1.54) is 12.1 Å². The SMILES string of the molecule is Cc1nnn(-c2ccc(C(F)F)cc2)c1COc1ccc(N2CCN3CCCNC(=O)[C@@H]3C2)nn1. The van der Waals surface area contributed by atoms with Gasteiger partial charge in [0.15, 0.2) is 5.82 Å². The lowest BCUT2D eigenvalue weighted by molar-refractivity contribution is -0.125. The van der Waals surface area contributed by atoms with Gasteiger partial charge in [-0.2, -0.15) is 0 Å². The summed E-state index contributed by atoms with van der Waals surface area (Å²) in [5.41, 5.74) is 1.89. The fourth-order valence-electron chi connectivity index (χ4n) is 4.37. The van der Waals surface area contributed by atoms with Crippen LogP contribution in [-0.4, -0.2) is 74.8 Å². The second kappa shape index (κ2) is 9.90. The van der Waals surface area contributed by atoms with Crippen LogP contribution in [0.5, 0.6) is 5.88 Å². The van der Waals surface area contributed by atoms with E-state index in [2.05, 4.69) is 35.6 Å². The molecule has 1 amide bonds. The van der Waals surface area contributed by atoms with Gasteiger partial charge in [-0.05, 0) is 31.5 Å². The summed E-state index contributed by atoms with van der Waals surface area (Å²) < 4.78 is 33.1. The van der Waals surface area contributed by atoms with E-state index < -0.39 is 6.43 Å². The second-order valence-corrected chi connectivity index (χ2v) is 8.59. The van der Waals surface area contributed by atoms with Crippen LogP contribution in [-0.2, 0) is 11.4 Å². The van der Waals surface area contributed by atoms with Gasteiger partial charge >= 0.3 is 0 Å². The van der Waals surface area contributed by atoms with Crippen LogP contribution in [0.3, 0.4) is 0 Å². The maximum atomic E-state index is 12.9. The minimum atomic E-state index is -2.53. The molecular formula is C23H26F2N8O2. The van der Waals surface area contributed by atoms with Gasteiger partial charge in [-0.3, -0.25) is 9.69 Å². The second-order valence-electron chi connectivity index (χ2n) is 8.59. The summed E-state index contributed by atoms with van der Waals surface area (Å²) >= 11 is 0. The highest BCUT2D eigenvalue weighted by molar-refractivity contribution is 5.83. The van der Waals surface area contributed by atoms with Crippen molar-refractivity contribution in [3.8, 4) is 11.6 Å². The Labute approximate surface area is 200 Å². The fraction of sp³-hybridized carbons (Fsp3) is 0.435. The minimum Gasteiger partial charge on any atom is -0.470 e. The van der Waals surface area contributed by atoms with E-state index in [1.54, 1.807) is 29.8 Å². The number of rotatable bonds is 6. The van der Waals surface area contributed by atoms with Gasteiger partial charge in [-0.25, -0.2) is 13.5 Å². The number of hydrogen-bond acceptors (Lipinski definition) is 8. The molecule has 184 valence electrons. The van der Waals surface area contributed by atoms with Crippen molar-refractivity contribution in [2.24, 2.45) is 0 Å². The number of alkyl halides is 2. The van der Waals surface area contributed by atoms with Crippen LogP contribution in [0.1, 0.15) is 29.8 Å². The summed E-state index contributed by atoms with van der Waals surface area (Å²) in [5.74, 6) is 1.08. The number of piperazine rings is 1. The number of ether oxygens (including phenoxy) is 1. The van der Waals surface area contributed by atoms with Gasteiger partial charge in [0.05, 0.1) is 11.4 Å². The maximum absolute atomic E-state index is 12.9. The summed E-state index contributed by atoms with van der Waals surface area (Å²) in [6, 6.07) is 9.26. The van der Waals surface area contributed by atoms with Crippen molar-refractivity contribution < 1.29 is 18.3 Å². The highest BCUT2D eigenvalue weighted by atomic mass is 19.3. The number of aromatic nitrogens is 5. The predicted molar refractivity (Wildman–Crippen MR) is 123 cm³/mol. The number of nitrogens with one attached hydrogen (secondary N) is 1. The Morgan fingerprint density at radius 3 is 2.66 bits per heavy atom. The number of halogens is 2. The molecule has 5 rings (SSSR count). The van der Waals surface area contributed by atoms with Crippen LogP contribution >= 0.6 is 0 Å². The molecule has 0 bridgehead atoms. The molecule has 2 aromatic heterocycles. The molecule has 2 aliphatic heterocycles. The molecule has 3 aromatic rings. The van der Waals surface area contributed by atoms with E-state index in [0.29, 0.717) is 41.9 Å². The average molecular weight is 485 g/mol. The zero-order valence-electron chi connectivity index (χ0n) is 19.3. The topological polar surface area (TPSA) is 101 Å². The number of aryl methyl sites for hydroxylation is 1. The molecule has 12 heteroatoms. The van der Waals surface area contributed by atoms with Crippen molar-refractivity contribution in [1.82, 2.24) is 35.4 Å². The zero-order valence-corrected chi connectivity index (χ0v) is 19.3. The van der Waals surface area contributed by atoms with E-state index in [1.807, 2.05) is 6.07 Å². The summed E-state index contributed by atoms with van der Waals surface area (Å²) in [7, 11) is 0. The first-order valence-corrected chi connectivity index (χ1v) is 11.5. The van der Waals surface area contributed by atoms with Crippen LogP contribution in [0.2, 0.25) is 0 Å². The third kappa shape index (κ3) is 4.92. The minimum absolute atomic E-state index is 0.0557. The number of anilines is 1. The Balaban J connectivity index is 1.24. The molecule has 4 heterocycles. The van der Waals surface area contributed by atoms with E-state index in [9.17, 15) is 13.6 Å². The van der Waals surface area contributed by atoms with Gasteiger partial charge < -0.3 is 15.0 Å². The number of nitrogens with zero attached hydrogens (tertiary/aromatic N) is 7. The predicted octanol–water partition coefficient (Wildman–Crippen LogP) is 1.89. The van der Waals surface area contributed by atoms with Gasteiger partial charge in [-0.15, -0.1) is 15.3 Å². The Morgan fingerprint density at radius 2 is 1.91 bits per heavy atom. The Morgan fingerprint density at radius 1 is 1.09 bits per heavy atom. The number of amides is 1. The lowest BCUT2D eigenvalue weighted by Crippen LogP contribution is -2.57. The molecule has 2 saturated heterocycles. The largest absolute Gasteiger partial charge is 0.470 e. The van der Waals surface area contributed by atoms with E-state index >= 15 is 0 Å². The van der Waals surface area contributed by atoms with Crippen LogP contribution in [0.4, 0.5) is 14.6 Å². The first-order valence-electron chi connectivity index (χ1n) is 11.5. The molecular weight excluding hydrogens is 458 g/mol. The molecule has 0 aliphatic carbocycles. The summed E-state index contributed by atoms with van der Waals surface area (Å²) in [6.07, 6.45) is -1.57. The molecule has 1 N–H and O–H groups in total. The van der Waals surface area contributed by atoms with E-state index in [-0.39, 0.29) is 24.1 Å². The van der Waals surface area contributed by atoms with E-state index in [4.69, 9.17) is 4.74 Å². The quantitative estimate of drug-likeness (QED) is 0.566. The summed E-state index contributed by atoms with van der Waals surface area (Å²) in [5, 5.41) is 19.7. The zero-order chi connectivity index (χ0) is 24.4. The van der Waals surface area contributed by atoms with Gasteiger partial charge in [0.1, 0.15) is 18.3 Å². The number of benzene rings is 1. The summed E-state index contributed by atoms with van der Waals surface area (Å²) in [6.45, 7) is 5.69. The molecule has 2 aliphatic rings. The Bertz CT molecular complexity index is 1170. The number of fused-ring (bicyclic) bond motifs is 1. The molecule has 2 fully saturated rings. The lowest BCUT2D eigenvalue weighted by Gasteiger charge is -2.39. The maximum Gasteiger partial charge on any atom is 0.263 e. The van der Waals surface area contributed by atoms with Crippen LogP contribution in [0, 0.1) is 6.92 Å². The van der Waals surface area contributed by atoms with Gasteiger partial charge in [0.2, 0.25) is 11.8 Å². The fourth-order valence-corrected chi connectivity index (χ4v) is 4.37. The Hall–Kier alpha value is -3.67. The van der Waals surface area contributed by atoms with Gasteiger partial charge in [-0.1, -0.05) is 17.3 Å². The molecule has 35 heavy (non-hydrogen) atoms. The molecule has 0 radical (unpaired) electrons. The highest BCUT2D eigenvalue weighted by Crippen LogP contribution is 2.23. The summed E-state index contributed by atoms with van der Waals surface area (Å²) in [4.78, 5) is 16.7. The van der Waals surface area contributed by atoms with E-state index in [0.717, 1.165) is 26.1 Å². The molecule has 1 atom stereocenters. The number of carbonyl (C=O) groups excluding carboxylic acids is 1. The van der Waals surface area contributed by atoms with Gasteiger partial charge in [0, 0.05) is 44.4 Å². The Kier molecular flexibility index (Phi) is 6.53. The molecule has 1 aromatic carbocycles.